The molecular formula is C17H17FO4S. The van der Waals surface area contributed by atoms with E-state index in [1.54, 1.807) is 18.2 Å². The van der Waals surface area contributed by atoms with Gasteiger partial charge >= 0.3 is 0 Å². The van der Waals surface area contributed by atoms with E-state index < -0.39 is 45.5 Å². The Morgan fingerprint density at radius 1 is 0.957 bits per heavy atom. The number of sulfone groups is 1. The lowest BCUT2D eigenvalue weighted by atomic mass is 10.0. The van der Waals surface area contributed by atoms with Crippen molar-refractivity contribution in [2.75, 3.05) is 13.2 Å². The number of aliphatic hydroxyl groups excluding tert-OH is 2. The van der Waals surface area contributed by atoms with Crippen LogP contribution >= 0.6 is 0 Å². The third-order valence-electron chi connectivity index (χ3n) is 4.60. The number of halogens is 1. The first-order valence-electron chi connectivity index (χ1n) is 7.23. The second-order valence-electron chi connectivity index (χ2n) is 5.86. The summed E-state index contributed by atoms with van der Waals surface area (Å²) >= 11 is 0. The summed E-state index contributed by atoms with van der Waals surface area (Å²) < 4.78 is 38.9. The van der Waals surface area contributed by atoms with Crippen LogP contribution in [0, 0.1) is 11.2 Å². The minimum Gasteiger partial charge on any atom is -0.396 e. The monoisotopic (exact) mass is 336 g/mol. The van der Waals surface area contributed by atoms with Gasteiger partial charge < -0.3 is 10.2 Å². The smallest absolute Gasteiger partial charge is 0.182 e. The molecule has 0 amide bonds. The molecule has 2 N–H and O–H groups in total. The molecule has 0 spiro atoms. The first-order chi connectivity index (χ1) is 11.0. The van der Waals surface area contributed by atoms with Crippen molar-refractivity contribution in [2.45, 2.75) is 16.1 Å². The lowest BCUT2D eigenvalue weighted by molar-refractivity contribution is 0.130. The Labute approximate surface area is 134 Å². The lowest BCUT2D eigenvalue weighted by Gasteiger charge is -2.11. The number of benzene rings is 2. The van der Waals surface area contributed by atoms with Crippen molar-refractivity contribution in [2.24, 2.45) is 5.41 Å². The largest absolute Gasteiger partial charge is 0.396 e. The molecule has 0 unspecified atom stereocenters. The van der Waals surface area contributed by atoms with Gasteiger partial charge in [-0.15, -0.1) is 0 Å². The molecule has 122 valence electrons. The van der Waals surface area contributed by atoms with E-state index in [2.05, 4.69) is 0 Å². The van der Waals surface area contributed by atoms with Crippen molar-refractivity contribution >= 4 is 9.84 Å². The van der Waals surface area contributed by atoms with Gasteiger partial charge in [-0.3, -0.25) is 0 Å². The van der Waals surface area contributed by atoms with Crippen molar-refractivity contribution in [1.29, 1.82) is 0 Å². The second kappa shape index (κ2) is 5.70. The molecule has 2 aromatic carbocycles. The Hall–Kier alpha value is -1.76. The van der Waals surface area contributed by atoms with E-state index in [4.69, 9.17) is 0 Å². The molecule has 3 rings (SSSR count). The van der Waals surface area contributed by atoms with E-state index in [0.29, 0.717) is 5.56 Å². The maximum atomic E-state index is 13.1. The second-order valence-corrected chi connectivity index (χ2v) is 7.93. The zero-order valence-corrected chi connectivity index (χ0v) is 13.1. The standard InChI is InChI=1S/C17H17FO4S/c18-13-8-6-12(7-9-13)15-16(17(15,10-19)11-20)23(21,22)14-4-2-1-3-5-14/h1-9,15-16,19-20H,10-11H2/t15-,16+/m0/s1. The third-order valence-corrected chi connectivity index (χ3v) is 6.94. The van der Waals surface area contributed by atoms with Crippen LogP contribution in [-0.4, -0.2) is 37.1 Å². The van der Waals surface area contributed by atoms with Crippen LogP contribution in [0.1, 0.15) is 11.5 Å². The number of aliphatic hydroxyl groups is 2. The molecule has 1 fully saturated rings. The highest BCUT2D eigenvalue weighted by atomic mass is 32.2. The fraction of sp³-hybridized carbons (Fsp3) is 0.294. The Bertz CT molecular complexity index is 783. The Kier molecular flexibility index (Phi) is 4.00. The van der Waals surface area contributed by atoms with Crippen LogP contribution in [0.2, 0.25) is 0 Å². The maximum absolute atomic E-state index is 13.1. The summed E-state index contributed by atoms with van der Waals surface area (Å²) in [5, 5.41) is 18.5. The predicted octanol–water partition coefficient (Wildman–Crippen LogP) is 1.74. The van der Waals surface area contributed by atoms with Crippen LogP contribution < -0.4 is 0 Å². The molecule has 0 aliphatic heterocycles. The van der Waals surface area contributed by atoms with Gasteiger partial charge in [0.2, 0.25) is 0 Å². The molecule has 2 atom stereocenters. The molecule has 1 saturated carbocycles. The van der Waals surface area contributed by atoms with Gasteiger partial charge in [-0.2, -0.15) is 0 Å². The summed E-state index contributed by atoms with van der Waals surface area (Å²) in [6, 6.07) is 13.5. The van der Waals surface area contributed by atoms with Crippen molar-refractivity contribution < 1.29 is 23.0 Å². The maximum Gasteiger partial charge on any atom is 0.182 e. The summed E-state index contributed by atoms with van der Waals surface area (Å²) in [7, 11) is -3.72. The summed E-state index contributed by atoms with van der Waals surface area (Å²) in [6.07, 6.45) is 0. The molecule has 0 bridgehead atoms. The first-order valence-corrected chi connectivity index (χ1v) is 8.78. The van der Waals surface area contributed by atoms with E-state index in [0.717, 1.165) is 0 Å². The molecular weight excluding hydrogens is 319 g/mol. The molecule has 0 saturated heterocycles. The molecule has 6 heteroatoms. The van der Waals surface area contributed by atoms with Crippen molar-refractivity contribution in [3.8, 4) is 0 Å². The van der Waals surface area contributed by atoms with E-state index >= 15 is 0 Å². The van der Waals surface area contributed by atoms with Gasteiger partial charge in [0, 0.05) is 11.3 Å². The van der Waals surface area contributed by atoms with E-state index in [-0.39, 0.29) is 4.90 Å². The van der Waals surface area contributed by atoms with E-state index in [1.807, 2.05) is 0 Å². The van der Waals surface area contributed by atoms with Crippen LogP contribution in [0.25, 0.3) is 0 Å². The molecule has 1 aliphatic rings. The van der Waals surface area contributed by atoms with E-state index in [1.165, 1.54) is 36.4 Å². The van der Waals surface area contributed by atoms with Crippen molar-refractivity contribution in [3.05, 3.63) is 66.0 Å². The van der Waals surface area contributed by atoms with Gasteiger partial charge in [-0.05, 0) is 29.8 Å². The summed E-state index contributed by atoms with van der Waals surface area (Å²) in [6.45, 7) is -0.912. The summed E-state index contributed by atoms with van der Waals surface area (Å²) in [5.74, 6) is -0.987. The molecule has 0 radical (unpaired) electrons. The third kappa shape index (κ3) is 2.47. The van der Waals surface area contributed by atoms with Crippen molar-refractivity contribution in [1.82, 2.24) is 0 Å². The minimum atomic E-state index is -3.72. The quantitative estimate of drug-likeness (QED) is 0.872. The molecule has 4 nitrogen and oxygen atoms in total. The van der Waals surface area contributed by atoms with Crippen molar-refractivity contribution in [3.63, 3.8) is 0 Å². The topological polar surface area (TPSA) is 74.6 Å². The van der Waals surface area contributed by atoms with Crippen LogP contribution in [-0.2, 0) is 9.84 Å². The highest BCUT2D eigenvalue weighted by Gasteiger charge is 2.70. The van der Waals surface area contributed by atoms with Gasteiger partial charge in [0.25, 0.3) is 0 Å². The SMILES string of the molecule is O=S(=O)(c1ccccc1)[C@@H]1[C@H](c2ccc(F)cc2)C1(CO)CO. The van der Waals surface area contributed by atoms with Crippen LogP contribution in [0.4, 0.5) is 4.39 Å². The van der Waals surface area contributed by atoms with Gasteiger partial charge in [0.1, 0.15) is 5.82 Å². The number of hydrogen-bond donors (Lipinski definition) is 2. The molecule has 23 heavy (non-hydrogen) atoms. The predicted molar refractivity (Wildman–Crippen MR) is 83.2 cm³/mol. The normalized spacial score (nSPS) is 22.7. The number of rotatable bonds is 5. The Balaban J connectivity index is 2.05. The zero-order valence-electron chi connectivity index (χ0n) is 12.3. The molecule has 1 aliphatic carbocycles. The highest BCUT2D eigenvalue weighted by molar-refractivity contribution is 7.92. The zero-order chi connectivity index (χ0) is 16.7. The average Bonchev–Trinajstić information content (AvgIpc) is 3.27. The first kappa shape index (κ1) is 16.1. The minimum absolute atomic E-state index is 0.154. The lowest BCUT2D eigenvalue weighted by Crippen LogP contribution is -2.22. The van der Waals surface area contributed by atoms with Gasteiger partial charge in [0.15, 0.2) is 9.84 Å². The van der Waals surface area contributed by atoms with Gasteiger partial charge in [-0.25, -0.2) is 12.8 Å². The highest BCUT2D eigenvalue weighted by Crippen LogP contribution is 2.63. The number of hydrogen-bond acceptors (Lipinski definition) is 4. The molecule has 2 aromatic rings. The van der Waals surface area contributed by atoms with Crippen LogP contribution in [0.5, 0.6) is 0 Å². The Morgan fingerprint density at radius 2 is 1.52 bits per heavy atom. The molecule has 0 heterocycles. The van der Waals surface area contributed by atoms with Crippen LogP contribution in [0.3, 0.4) is 0 Å². The fourth-order valence-electron chi connectivity index (χ4n) is 3.30. The van der Waals surface area contributed by atoms with Gasteiger partial charge in [0.05, 0.1) is 23.4 Å². The Morgan fingerprint density at radius 3 is 2.04 bits per heavy atom. The average molecular weight is 336 g/mol. The fourth-order valence-corrected chi connectivity index (χ4v) is 5.75. The summed E-state index contributed by atoms with van der Waals surface area (Å²) in [4.78, 5) is 0.154. The van der Waals surface area contributed by atoms with Crippen LogP contribution in [0.15, 0.2) is 59.5 Å². The summed E-state index contributed by atoms with van der Waals surface area (Å²) in [5.41, 5.74) is -0.550. The van der Waals surface area contributed by atoms with Gasteiger partial charge in [-0.1, -0.05) is 30.3 Å². The van der Waals surface area contributed by atoms with E-state index in [9.17, 15) is 23.0 Å². The molecule has 0 aromatic heterocycles.